The summed E-state index contributed by atoms with van der Waals surface area (Å²) in [6, 6.07) is 6.80. The molecular weight excluding hydrogens is 410 g/mol. The molecule has 30 heavy (non-hydrogen) atoms. The summed E-state index contributed by atoms with van der Waals surface area (Å²) in [4.78, 5) is 26.7. The third kappa shape index (κ3) is 4.52. The van der Waals surface area contributed by atoms with Gasteiger partial charge in [0.15, 0.2) is 6.23 Å². The number of nitrogens with one attached hydrogen (secondary N) is 1. The van der Waals surface area contributed by atoms with Crippen LogP contribution in [0.3, 0.4) is 0 Å². The molecule has 10 heteroatoms. The third-order valence-electron chi connectivity index (χ3n) is 5.27. The zero-order valence-electron chi connectivity index (χ0n) is 16.4. The predicted molar refractivity (Wildman–Crippen MR) is 114 cm³/mol. The normalized spacial score (nSPS) is 21.4. The van der Waals surface area contributed by atoms with Crippen molar-refractivity contribution in [3.63, 3.8) is 0 Å². The van der Waals surface area contributed by atoms with Gasteiger partial charge in [0, 0.05) is 30.9 Å². The van der Waals surface area contributed by atoms with Gasteiger partial charge in [0.1, 0.15) is 11.1 Å². The number of ether oxygens (including phenoxy) is 2. The number of nitrogens with two attached hydrogens (primary N) is 1. The molecule has 160 valence electrons. The van der Waals surface area contributed by atoms with E-state index in [-0.39, 0.29) is 22.9 Å². The predicted octanol–water partition coefficient (Wildman–Crippen LogP) is 3.01. The smallest absolute Gasteiger partial charge is 0.411 e. The number of nitrogen functional groups attached to an aromatic ring is 1. The van der Waals surface area contributed by atoms with Crippen LogP contribution >= 0.6 is 11.6 Å². The quantitative estimate of drug-likeness (QED) is 0.712. The number of rotatable bonds is 4. The van der Waals surface area contributed by atoms with Crippen LogP contribution in [0.1, 0.15) is 31.9 Å². The average molecular weight is 434 g/mol. The number of nitrogens with zero attached hydrogens (tertiary/aromatic N) is 3. The Morgan fingerprint density at radius 3 is 2.80 bits per heavy atom. The zero-order valence-corrected chi connectivity index (χ0v) is 17.2. The molecule has 2 aromatic rings. The zero-order chi connectivity index (χ0) is 21.1. The van der Waals surface area contributed by atoms with Crippen molar-refractivity contribution in [1.29, 1.82) is 0 Å². The number of hydrogen-bond donors (Lipinski definition) is 2. The molecule has 1 amide bonds. The standard InChI is InChI=1S/C20H24ClN5O4/c21-18-16(11-23-26(19(18)27)17-3-1-2-10-29-17)25-9-8-15(12-25)30-20(28)24-14-6-4-13(22)5-7-14/h4-7,11,15,17H,1-3,8-10,12,22H2,(H,24,28)/t15-,17?/m1/s1. The number of halogens is 1. The molecule has 4 rings (SSSR count). The highest BCUT2D eigenvalue weighted by molar-refractivity contribution is 6.33. The van der Waals surface area contributed by atoms with Crippen molar-refractivity contribution in [2.24, 2.45) is 0 Å². The van der Waals surface area contributed by atoms with Gasteiger partial charge in [0.25, 0.3) is 5.56 Å². The second kappa shape index (κ2) is 8.93. The van der Waals surface area contributed by atoms with Gasteiger partial charge in [-0.05, 0) is 43.5 Å². The fourth-order valence-electron chi connectivity index (χ4n) is 3.69. The number of carbonyl (C=O) groups is 1. The van der Waals surface area contributed by atoms with Crippen molar-refractivity contribution >= 4 is 34.8 Å². The van der Waals surface area contributed by atoms with Crippen LogP contribution in [0.5, 0.6) is 0 Å². The third-order valence-corrected chi connectivity index (χ3v) is 5.63. The first-order chi connectivity index (χ1) is 14.5. The molecular formula is C20H24ClN5O4. The Morgan fingerprint density at radius 1 is 1.27 bits per heavy atom. The van der Waals surface area contributed by atoms with Crippen LogP contribution in [-0.2, 0) is 9.47 Å². The molecule has 9 nitrogen and oxygen atoms in total. The molecule has 2 aliphatic heterocycles. The molecule has 0 spiro atoms. The van der Waals surface area contributed by atoms with Crippen LogP contribution in [0.2, 0.25) is 5.02 Å². The number of benzene rings is 1. The number of anilines is 3. The van der Waals surface area contributed by atoms with E-state index in [0.717, 1.165) is 19.3 Å². The minimum Gasteiger partial charge on any atom is -0.444 e. The van der Waals surface area contributed by atoms with E-state index >= 15 is 0 Å². The summed E-state index contributed by atoms with van der Waals surface area (Å²) in [5.74, 6) is 0. The number of aromatic nitrogens is 2. The molecule has 3 heterocycles. The van der Waals surface area contributed by atoms with E-state index in [4.69, 9.17) is 26.8 Å². The topological polar surface area (TPSA) is 112 Å². The van der Waals surface area contributed by atoms with Gasteiger partial charge in [0.05, 0.1) is 18.4 Å². The highest BCUT2D eigenvalue weighted by Crippen LogP contribution is 2.28. The van der Waals surface area contributed by atoms with E-state index in [1.54, 1.807) is 30.5 Å². The number of amides is 1. The lowest BCUT2D eigenvalue weighted by molar-refractivity contribution is -0.0424. The van der Waals surface area contributed by atoms with Crippen molar-refractivity contribution in [2.75, 3.05) is 35.6 Å². The summed E-state index contributed by atoms with van der Waals surface area (Å²) < 4.78 is 12.4. The van der Waals surface area contributed by atoms with Crippen molar-refractivity contribution < 1.29 is 14.3 Å². The lowest BCUT2D eigenvalue weighted by Crippen LogP contribution is -2.33. The van der Waals surface area contributed by atoms with E-state index in [1.165, 1.54) is 4.68 Å². The summed E-state index contributed by atoms with van der Waals surface area (Å²) in [5.41, 5.74) is 7.03. The Hall–Kier alpha value is -2.78. The Morgan fingerprint density at radius 2 is 2.07 bits per heavy atom. The van der Waals surface area contributed by atoms with Gasteiger partial charge >= 0.3 is 6.09 Å². The van der Waals surface area contributed by atoms with Crippen LogP contribution in [-0.4, -0.2) is 41.7 Å². The van der Waals surface area contributed by atoms with E-state index in [9.17, 15) is 9.59 Å². The van der Waals surface area contributed by atoms with E-state index in [1.807, 2.05) is 4.90 Å². The van der Waals surface area contributed by atoms with Crippen molar-refractivity contribution in [3.05, 3.63) is 45.8 Å². The van der Waals surface area contributed by atoms with Gasteiger partial charge in [-0.1, -0.05) is 11.6 Å². The van der Waals surface area contributed by atoms with Crippen molar-refractivity contribution in [3.8, 4) is 0 Å². The number of hydrogen-bond acceptors (Lipinski definition) is 7. The minimum atomic E-state index is -0.541. The van der Waals surface area contributed by atoms with Crippen molar-refractivity contribution in [1.82, 2.24) is 9.78 Å². The van der Waals surface area contributed by atoms with E-state index in [2.05, 4.69) is 10.4 Å². The minimum absolute atomic E-state index is 0.103. The summed E-state index contributed by atoms with van der Waals surface area (Å²) in [7, 11) is 0. The Labute approximate surface area is 178 Å². The van der Waals surface area contributed by atoms with Gasteiger partial charge in [-0.3, -0.25) is 10.1 Å². The largest absolute Gasteiger partial charge is 0.444 e. The molecule has 3 N–H and O–H groups in total. The van der Waals surface area contributed by atoms with Gasteiger partial charge in [-0.25, -0.2) is 4.79 Å². The molecule has 2 fully saturated rings. The summed E-state index contributed by atoms with van der Waals surface area (Å²) >= 11 is 6.37. The molecule has 2 atom stereocenters. The summed E-state index contributed by atoms with van der Waals surface area (Å²) in [6.07, 6.45) is 3.69. The van der Waals surface area contributed by atoms with Crippen LogP contribution in [0, 0.1) is 0 Å². The van der Waals surface area contributed by atoms with Crippen LogP contribution in [0.25, 0.3) is 0 Å². The van der Waals surface area contributed by atoms with E-state index in [0.29, 0.717) is 43.2 Å². The summed E-state index contributed by atoms with van der Waals surface area (Å²) in [6.45, 7) is 1.65. The molecule has 2 aliphatic rings. The molecule has 1 unspecified atom stereocenters. The number of carbonyl (C=O) groups excluding carboxylic acids is 1. The van der Waals surface area contributed by atoms with Crippen LogP contribution in [0.15, 0.2) is 35.3 Å². The fraction of sp³-hybridized carbons (Fsp3) is 0.450. The highest BCUT2D eigenvalue weighted by Gasteiger charge is 2.29. The second-order valence-electron chi connectivity index (χ2n) is 7.42. The monoisotopic (exact) mass is 433 g/mol. The summed E-state index contributed by atoms with van der Waals surface area (Å²) in [5, 5.41) is 7.06. The first kappa shape index (κ1) is 20.5. The second-order valence-corrected chi connectivity index (χ2v) is 7.80. The molecule has 2 saturated heterocycles. The molecule has 1 aromatic carbocycles. The SMILES string of the molecule is Nc1ccc(NC(=O)O[C@@H]2CCN(c3cnn(C4CCCCO4)c(=O)c3Cl)C2)cc1. The first-order valence-electron chi connectivity index (χ1n) is 9.98. The maximum atomic E-state index is 12.7. The molecule has 0 aliphatic carbocycles. The average Bonchev–Trinajstić information content (AvgIpc) is 3.20. The van der Waals surface area contributed by atoms with Crippen LogP contribution in [0.4, 0.5) is 21.9 Å². The van der Waals surface area contributed by atoms with Gasteiger partial charge in [0.2, 0.25) is 0 Å². The lowest BCUT2D eigenvalue weighted by atomic mass is 10.2. The molecule has 0 saturated carbocycles. The van der Waals surface area contributed by atoms with Gasteiger partial charge in [-0.2, -0.15) is 9.78 Å². The first-order valence-corrected chi connectivity index (χ1v) is 10.4. The van der Waals surface area contributed by atoms with Gasteiger partial charge < -0.3 is 20.1 Å². The molecule has 1 aromatic heterocycles. The molecule has 0 radical (unpaired) electrons. The van der Waals surface area contributed by atoms with E-state index < -0.39 is 6.09 Å². The van der Waals surface area contributed by atoms with Crippen molar-refractivity contribution in [2.45, 2.75) is 38.0 Å². The fourth-order valence-corrected chi connectivity index (χ4v) is 3.94. The van der Waals surface area contributed by atoms with Gasteiger partial charge in [-0.15, -0.1) is 0 Å². The Balaban J connectivity index is 1.38. The maximum Gasteiger partial charge on any atom is 0.411 e. The lowest BCUT2D eigenvalue weighted by Gasteiger charge is -2.25. The maximum absolute atomic E-state index is 12.7. The molecule has 0 bridgehead atoms. The Kier molecular flexibility index (Phi) is 6.10. The highest BCUT2D eigenvalue weighted by atomic mass is 35.5. The van der Waals surface area contributed by atoms with Crippen LogP contribution < -0.4 is 21.5 Å². The Bertz CT molecular complexity index is 959.